The van der Waals surface area contributed by atoms with Crippen molar-refractivity contribution >= 4 is 33.2 Å². The Hall–Kier alpha value is -0.210. The molecule has 0 radical (unpaired) electrons. The van der Waals surface area contributed by atoms with E-state index < -0.39 is 0 Å². The van der Waals surface area contributed by atoms with Gasteiger partial charge in [-0.3, -0.25) is 0 Å². The smallest absolute Gasteiger partial charge is 0.0467 e. The molecule has 1 fully saturated rings. The Labute approximate surface area is 136 Å². The van der Waals surface area contributed by atoms with E-state index in [9.17, 15) is 0 Å². The van der Waals surface area contributed by atoms with E-state index >= 15 is 0 Å². The average Bonchev–Trinajstić information content (AvgIpc) is 2.93. The van der Waals surface area contributed by atoms with Gasteiger partial charge in [0, 0.05) is 34.2 Å². The predicted molar refractivity (Wildman–Crippen MR) is 93.1 cm³/mol. The molecule has 20 heavy (non-hydrogen) atoms. The molecule has 0 bridgehead atoms. The molecule has 0 saturated heterocycles. The van der Waals surface area contributed by atoms with Gasteiger partial charge in [-0.25, -0.2) is 0 Å². The normalized spacial score (nSPS) is 16.1. The second-order valence-corrected chi connectivity index (χ2v) is 7.15. The van der Waals surface area contributed by atoms with E-state index in [2.05, 4.69) is 46.8 Å². The Balaban J connectivity index is 2.27. The number of alkyl halides is 1. The van der Waals surface area contributed by atoms with E-state index in [0.717, 1.165) is 22.8 Å². The summed E-state index contributed by atoms with van der Waals surface area (Å²) in [6.07, 6.45) is 6.63. The maximum absolute atomic E-state index is 6.39. The molecule has 3 heteroatoms. The van der Waals surface area contributed by atoms with Crippen molar-refractivity contribution in [2.75, 3.05) is 11.4 Å². The SMILES string of the molecule is CC(C)CCN(c1cccc(Cl)c1CBr)C1CCCC1. The minimum absolute atomic E-state index is 0.699. The lowest BCUT2D eigenvalue weighted by molar-refractivity contribution is 0.528. The van der Waals surface area contributed by atoms with Gasteiger partial charge >= 0.3 is 0 Å². The molecule has 1 aromatic rings. The van der Waals surface area contributed by atoms with Crippen molar-refractivity contribution in [2.45, 2.75) is 57.3 Å². The maximum atomic E-state index is 6.39. The summed E-state index contributed by atoms with van der Waals surface area (Å²) < 4.78 is 0. The Bertz CT molecular complexity index is 427. The van der Waals surface area contributed by atoms with E-state index in [1.54, 1.807) is 0 Å². The number of anilines is 1. The third kappa shape index (κ3) is 3.92. The Morgan fingerprint density at radius 3 is 2.60 bits per heavy atom. The number of hydrogen-bond acceptors (Lipinski definition) is 1. The van der Waals surface area contributed by atoms with Crippen LogP contribution in [0.3, 0.4) is 0 Å². The van der Waals surface area contributed by atoms with Gasteiger partial charge in [0.25, 0.3) is 0 Å². The molecule has 1 nitrogen and oxygen atoms in total. The molecule has 0 spiro atoms. The van der Waals surface area contributed by atoms with Gasteiger partial charge in [-0.05, 0) is 37.3 Å². The van der Waals surface area contributed by atoms with Crippen molar-refractivity contribution in [3.05, 3.63) is 28.8 Å². The molecule has 0 aromatic heterocycles. The largest absolute Gasteiger partial charge is 0.368 e. The molecule has 2 rings (SSSR count). The monoisotopic (exact) mass is 357 g/mol. The van der Waals surface area contributed by atoms with Crippen molar-refractivity contribution < 1.29 is 0 Å². The van der Waals surface area contributed by atoms with Crippen molar-refractivity contribution in [2.24, 2.45) is 5.92 Å². The number of nitrogens with zero attached hydrogens (tertiary/aromatic N) is 1. The molecule has 0 N–H and O–H groups in total. The summed E-state index contributed by atoms with van der Waals surface area (Å²) >= 11 is 9.99. The predicted octanol–water partition coefficient (Wildman–Crippen LogP) is 6.03. The van der Waals surface area contributed by atoms with Crippen LogP contribution in [0.2, 0.25) is 5.02 Å². The van der Waals surface area contributed by atoms with Crippen LogP contribution in [0, 0.1) is 5.92 Å². The van der Waals surface area contributed by atoms with E-state index in [1.807, 2.05) is 6.07 Å². The zero-order valence-electron chi connectivity index (χ0n) is 12.5. The highest BCUT2D eigenvalue weighted by atomic mass is 79.9. The first-order chi connectivity index (χ1) is 9.63. The minimum Gasteiger partial charge on any atom is -0.368 e. The molecule has 0 heterocycles. The van der Waals surface area contributed by atoms with Crippen molar-refractivity contribution in [1.82, 2.24) is 0 Å². The second-order valence-electron chi connectivity index (χ2n) is 6.19. The van der Waals surface area contributed by atoms with Crippen LogP contribution < -0.4 is 4.90 Å². The highest BCUT2D eigenvalue weighted by molar-refractivity contribution is 9.08. The second kappa shape index (κ2) is 7.70. The van der Waals surface area contributed by atoms with Crippen LogP contribution in [0.4, 0.5) is 5.69 Å². The van der Waals surface area contributed by atoms with Crippen LogP contribution in [0.1, 0.15) is 51.5 Å². The fourth-order valence-corrected chi connectivity index (χ4v) is 4.05. The number of rotatable bonds is 6. The third-order valence-electron chi connectivity index (χ3n) is 4.25. The first-order valence-electron chi connectivity index (χ1n) is 7.73. The standard InChI is InChI=1S/C17H25BrClN/c1-13(2)10-11-20(14-6-3-4-7-14)17-9-5-8-16(19)15(17)12-18/h5,8-9,13-14H,3-4,6-7,10-12H2,1-2H3. The first-order valence-corrected chi connectivity index (χ1v) is 9.23. The fourth-order valence-electron chi connectivity index (χ4n) is 3.06. The summed E-state index contributed by atoms with van der Waals surface area (Å²) in [7, 11) is 0. The van der Waals surface area contributed by atoms with Gasteiger partial charge in [-0.15, -0.1) is 0 Å². The van der Waals surface area contributed by atoms with Gasteiger partial charge in [-0.2, -0.15) is 0 Å². The first kappa shape index (κ1) is 16.2. The molecule has 1 saturated carbocycles. The molecule has 0 aliphatic heterocycles. The van der Waals surface area contributed by atoms with Gasteiger partial charge in [0.1, 0.15) is 0 Å². The lowest BCUT2D eigenvalue weighted by Crippen LogP contribution is -2.35. The highest BCUT2D eigenvalue weighted by Crippen LogP contribution is 2.35. The molecular formula is C17H25BrClN. The summed E-state index contributed by atoms with van der Waals surface area (Å²) in [6.45, 7) is 5.75. The molecule has 1 aliphatic carbocycles. The van der Waals surface area contributed by atoms with Gasteiger partial charge in [0.05, 0.1) is 0 Å². The van der Waals surface area contributed by atoms with E-state index in [1.165, 1.54) is 43.4 Å². The number of halogens is 2. The highest BCUT2D eigenvalue weighted by Gasteiger charge is 2.24. The van der Waals surface area contributed by atoms with Crippen LogP contribution >= 0.6 is 27.5 Å². The quantitative estimate of drug-likeness (QED) is 0.561. The molecule has 0 atom stereocenters. The Morgan fingerprint density at radius 2 is 2.00 bits per heavy atom. The molecule has 0 unspecified atom stereocenters. The van der Waals surface area contributed by atoms with Gasteiger partial charge < -0.3 is 4.90 Å². The lowest BCUT2D eigenvalue weighted by atomic mass is 10.1. The minimum atomic E-state index is 0.699. The number of benzene rings is 1. The molecule has 1 aromatic carbocycles. The molecule has 112 valence electrons. The summed E-state index contributed by atoms with van der Waals surface area (Å²) in [5, 5.41) is 1.71. The van der Waals surface area contributed by atoms with Crippen LogP contribution in [0.15, 0.2) is 18.2 Å². The topological polar surface area (TPSA) is 3.24 Å². The van der Waals surface area contributed by atoms with E-state index in [4.69, 9.17) is 11.6 Å². The Kier molecular flexibility index (Phi) is 6.22. The Morgan fingerprint density at radius 1 is 1.30 bits per heavy atom. The average molecular weight is 359 g/mol. The third-order valence-corrected chi connectivity index (χ3v) is 5.16. The zero-order chi connectivity index (χ0) is 14.5. The summed E-state index contributed by atoms with van der Waals surface area (Å²) in [4.78, 5) is 2.62. The zero-order valence-corrected chi connectivity index (χ0v) is 14.9. The summed E-state index contributed by atoms with van der Waals surface area (Å²) in [5.41, 5.74) is 2.58. The fraction of sp³-hybridized carbons (Fsp3) is 0.647. The van der Waals surface area contributed by atoms with Gasteiger partial charge in [-0.1, -0.05) is 60.3 Å². The van der Waals surface area contributed by atoms with Crippen LogP contribution in [-0.2, 0) is 5.33 Å². The van der Waals surface area contributed by atoms with Crippen LogP contribution in [0.5, 0.6) is 0 Å². The summed E-state index contributed by atoms with van der Waals surface area (Å²) in [5.74, 6) is 0.741. The summed E-state index contributed by atoms with van der Waals surface area (Å²) in [6, 6.07) is 7.02. The van der Waals surface area contributed by atoms with Crippen molar-refractivity contribution in [3.8, 4) is 0 Å². The van der Waals surface area contributed by atoms with Crippen LogP contribution in [0.25, 0.3) is 0 Å². The van der Waals surface area contributed by atoms with E-state index in [-0.39, 0.29) is 0 Å². The maximum Gasteiger partial charge on any atom is 0.0467 e. The van der Waals surface area contributed by atoms with Gasteiger partial charge in [0.2, 0.25) is 0 Å². The molecule has 0 amide bonds. The van der Waals surface area contributed by atoms with Crippen LogP contribution in [-0.4, -0.2) is 12.6 Å². The van der Waals surface area contributed by atoms with Crippen molar-refractivity contribution in [3.63, 3.8) is 0 Å². The van der Waals surface area contributed by atoms with Gasteiger partial charge in [0.15, 0.2) is 0 Å². The molecular weight excluding hydrogens is 334 g/mol. The molecule has 1 aliphatic rings. The van der Waals surface area contributed by atoms with Crippen molar-refractivity contribution in [1.29, 1.82) is 0 Å². The lowest BCUT2D eigenvalue weighted by Gasteiger charge is -2.33. The number of hydrogen-bond donors (Lipinski definition) is 0. The van der Waals surface area contributed by atoms with E-state index in [0.29, 0.717) is 6.04 Å².